The second-order valence-corrected chi connectivity index (χ2v) is 5.08. The van der Waals surface area contributed by atoms with Crippen LogP contribution in [0.4, 0.5) is 0 Å². The molecule has 0 bridgehead atoms. The molecule has 0 N–H and O–H groups in total. The summed E-state index contributed by atoms with van der Waals surface area (Å²) in [6.07, 6.45) is 2.08. The molecule has 1 amide bonds. The fourth-order valence-corrected chi connectivity index (χ4v) is 2.63. The minimum absolute atomic E-state index is 0.0519. The second-order valence-electron chi connectivity index (χ2n) is 5.08. The zero-order valence-electron chi connectivity index (χ0n) is 11.0. The van der Waals surface area contributed by atoms with Gasteiger partial charge in [0.05, 0.1) is 11.7 Å². The lowest BCUT2D eigenvalue weighted by Gasteiger charge is -2.26. The van der Waals surface area contributed by atoms with Crippen LogP contribution in [0.25, 0.3) is 0 Å². The Kier molecular flexibility index (Phi) is 3.22. The van der Waals surface area contributed by atoms with Crippen molar-refractivity contribution < 1.29 is 9.32 Å². The Balaban J connectivity index is 2.29. The third-order valence-corrected chi connectivity index (χ3v) is 3.45. The number of aromatic nitrogens is 1. The number of nitrogens with zero attached hydrogens (tertiary/aromatic N) is 2. The van der Waals surface area contributed by atoms with Gasteiger partial charge in [-0.25, -0.2) is 0 Å². The number of aryl methyl sites for hydroxylation is 2. The molecule has 17 heavy (non-hydrogen) atoms. The Morgan fingerprint density at radius 1 is 1.47 bits per heavy atom. The highest BCUT2D eigenvalue weighted by Crippen LogP contribution is 2.36. The lowest BCUT2D eigenvalue weighted by atomic mass is 10.0. The average Bonchev–Trinajstić information content (AvgIpc) is 2.84. The predicted octanol–water partition coefficient (Wildman–Crippen LogP) is 2.61. The number of amides is 1. The van der Waals surface area contributed by atoms with Crippen molar-refractivity contribution in [1.82, 2.24) is 10.1 Å². The molecule has 0 unspecified atom stereocenters. The molecule has 0 radical (unpaired) electrons. The van der Waals surface area contributed by atoms with Crippen molar-refractivity contribution in [3.05, 3.63) is 17.0 Å². The number of hydrogen-bond donors (Lipinski definition) is 0. The van der Waals surface area contributed by atoms with Crippen molar-refractivity contribution in [3.8, 4) is 0 Å². The molecule has 0 spiro atoms. The Labute approximate surface area is 102 Å². The molecule has 0 saturated carbocycles. The largest absolute Gasteiger partial charge is 0.361 e. The van der Waals surface area contributed by atoms with Gasteiger partial charge >= 0.3 is 0 Å². The Morgan fingerprint density at radius 2 is 2.18 bits per heavy atom. The minimum Gasteiger partial charge on any atom is -0.361 e. The summed E-state index contributed by atoms with van der Waals surface area (Å²) in [7, 11) is 0. The average molecular weight is 236 g/mol. The van der Waals surface area contributed by atoms with Crippen molar-refractivity contribution in [2.75, 3.05) is 6.54 Å². The van der Waals surface area contributed by atoms with Gasteiger partial charge in [-0.05, 0) is 26.7 Å². The number of rotatable bonds is 2. The van der Waals surface area contributed by atoms with Crippen molar-refractivity contribution >= 4 is 5.91 Å². The fraction of sp³-hybridized carbons (Fsp3) is 0.692. The van der Waals surface area contributed by atoms with Gasteiger partial charge < -0.3 is 9.42 Å². The predicted molar refractivity (Wildman–Crippen MR) is 64.5 cm³/mol. The first-order chi connectivity index (χ1) is 8.02. The van der Waals surface area contributed by atoms with Crippen LogP contribution in [-0.4, -0.2) is 22.5 Å². The third-order valence-electron chi connectivity index (χ3n) is 3.45. The summed E-state index contributed by atoms with van der Waals surface area (Å²) in [6, 6.07) is 0.163. The van der Waals surface area contributed by atoms with E-state index in [1.165, 1.54) is 0 Å². The van der Waals surface area contributed by atoms with E-state index in [1.807, 2.05) is 32.6 Å². The van der Waals surface area contributed by atoms with E-state index in [-0.39, 0.29) is 17.9 Å². The molecule has 94 valence electrons. The van der Waals surface area contributed by atoms with Gasteiger partial charge in [0.2, 0.25) is 5.91 Å². The van der Waals surface area contributed by atoms with E-state index in [0.29, 0.717) is 0 Å². The zero-order valence-corrected chi connectivity index (χ0v) is 11.0. The van der Waals surface area contributed by atoms with E-state index in [9.17, 15) is 4.79 Å². The van der Waals surface area contributed by atoms with Crippen LogP contribution in [0.5, 0.6) is 0 Å². The van der Waals surface area contributed by atoms with Crippen molar-refractivity contribution in [2.45, 2.75) is 46.6 Å². The first-order valence-corrected chi connectivity index (χ1v) is 6.25. The number of hydrogen-bond acceptors (Lipinski definition) is 3. The van der Waals surface area contributed by atoms with Crippen LogP contribution >= 0.6 is 0 Å². The standard InChI is InChI=1S/C13H20N2O2/c1-8(2)13(16)15-7-5-6-11(15)12-9(3)14-17-10(12)4/h8,11H,5-7H2,1-4H3/t11-/m1/s1. The van der Waals surface area contributed by atoms with Gasteiger partial charge in [0, 0.05) is 18.0 Å². The molecule has 1 aromatic heterocycles. The maximum Gasteiger partial charge on any atom is 0.225 e. The molecule has 1 aromatic rings. The number of carbonyl (C=O) groups excluding carboxylic acids is 1. The summed E-state index contributed by atoms with van der Waals surface area (Å²) in [5.41, 5.74) is 2.02. The molecule has 1 aliphatic heterocycles. The molecule has 1 fully saturated rings. The molecule has 4 heteroatoms. The summed E-state index contributed by atoms with van der Waals surface area (Å²) >= 11 is 0. The van der Waals surface area contributed by atoms with E-state index < -0.39 is 0 Å². The lowest BCUT2D eigenvalue weighted by molar-refractivity contribution is -0.135. The monoisotopic (exact) mass is 236 g/mol. The summed E-state index contributed by atoms with van der Waals surface area (Å²) in [5, 5.41) is 3.99. The number of likely N-dealkylation sites (tertiary alicyclic amines) is 1. The smallest absolute Gasteiger partial charge is 0.225 e. The Morgan fingerprint density at radius 3 is 2.71 bits per heavy atom. The van der Waals surface area contributed by atoms with E-state index in [1.54, 1.807) is 0 Å². The summed E-state index contributed by atoms with van der Waals surface area (Å²) in [6.45, 7) is 8.62. The SMILES string of the molecule is Cc1noc(C)c1[C@H]1CCCN1C(=O)C(C)C. The van der Waals surface area contributed by atoms with Crippen LogP contribution in [0.3, 0.4) is 0 Å². The van der Waals surface area contributed by atoms with Crippen molar-refractivity contribution in [3.63, 3.8) is 0 Å². The summed E-state index contributed by atoms with van der Waals surface area (Å²) in [5.74, 6) is 1.12. The van der Waals surface area contributed by atoms with Gasteiger partial charge in [-0.1, -0.05) is 19.0 Å². The molecule has 1 saturated heterocycles. The molecule has 0 aliphatic carbocycles. The number of carbonyl (C=O) groups is 1. The Hall–Kier alpha value is -1.32. The van der Waals surface area contributed by atoms with Gasteiger partial charge in [0.25, 0.3) is 0 Å². The summed E-state index contributed by atoms with van der Waals surface area (Å²) < 4.78 is 5.21. The van der Waals surface area contributed by atoms with Crippen molar-refractivity contribution in [1.29, 1.82) is 0 Å². The van der Waals surface area contributed by atoms with Gasteiger partial charge in [-0.15, -0.1) is 0 Å². The maximum absolute atomic E-state index is 12.1. The summed E-state index contributed by atoms with van der Waals surface area (Å²) in [4.78, 5) is 14.1. The highest BCUT2D eigenvalue weighted by Gasteiger charge is 2.34. The third kappa shape index (κ3) is 2.08. The van der Waals surface area contributed by atoms with Crippen LogP contribution in [-0.2, 0) is 4.79 Å². The Bertz CT molecular complexity index is 404. The molecule has 4 nitrogen and oxygen atoms in total. The lowest BCUT2D eigenvalue weighted by Crippen LogP contribution is -2.34. The van der Waals surface area contributed by atoms with Gasteiger partial charge in [0.15, 0.2) is 0 Å². The van der Waals surface area contributed by atoms with E-state index in [0.717, 1.165) is 36.4 Å². The van der Waals surface area contributed by atoms with Crippen LogP contribution in [0.15, 0.2) is 4.52 Å². The first kappa shape index (κ1) is 12.1. The topological polar surface area (TPSA) is 46.3 Å². The normalized spacial score (nSPS) is 20.3. The zero-order chi connectivity index (χ0) is 12.6. The van der Waals surface area contributed by atoms with Crippen LogP contribution < -0.4 is 0 Å². The maximum atomic E-state index is 12.1. The van der Waals surface area contributed by atoms with Gasteiger partial charge in [-0.3, -0.25) is 4.79 Å². The van der Waals surface area contributed by atoms with E-state index in [4.69, 9.17) is 4.52 Å². The van der Waals surface area contributed by atoms with Gasteiger partial charge in [-0.2, -0.15) is 0 Å². The first-order valence-electron chi connectivity index (χ1n) is 6.25. The van der Waals surface area contributed by atoms with Crippen LogP contribution in [0.2, 0.25) is 0 Å². The van der Waals surface area contributed by atoms with E-state index >= 15 is 0 Å². The van der Waals surface area contributed by atoms with Crippen LogP contribution in [0, 0.1) is 19.8 Å². The van der Waals surface area contributed by atoms with Gasteiger partial charge in [0.1, 0.15) is 5.76 Å². The molecular formula is C13H20N2O2. The molecule has 2 heterocycles. The second kappa shape index (κ2) is 4.51. The molecular weight excluding hydrogens is 216 g/mol. The highest BCUT2D eigenvalue weighted by atomic mass is 16.5. The molecule has 1 aliphatic rings. The van der Waals surface area contributed by atoms with Crippen LogP contribution in [0.1, 0.15) is 49.7 Å². The molecule has 1 atom stereocenters. The van der Waals surface area contributed by atoms with Crippen molar-refractivity contribution in [2.24, 2.45) is 5.92 Å². The highest BCUT2D eigenvalue weighted by molar-refractivity contribution is 5.79. The quantitative estimate of drug-likeness (QED) is 0.793. The van der Waals surface area contributed by atoms with E-state index in [2.05, 4.69) is 5.16 Å². The molecule has 2 rings (SSSR count). The molecule has 0 aromatic carbocycles. The fourth-order valence-electron chi connectivity index (χ4n) is 2.63. The minimum atomic E-state index is 0.0519.